The number of sulfonamides is 1. The van der Waals surface area contributed by atoms with Gasteiger partial charge < -0.3 is 14.1 Å². The van der Waals surface area contributed by atoms with Gasteiger partial charge in [0.05, 0.1) is 11.5 Å². The van der Waals surface area contributed by atoms with Crippen molar-refractivity contribution < 1.29 is 22.0 Å². The van der Waals surface area contributed by atoms with Crippen molar-refractivity contribution in [2.24, 2.45) is 0 Å². The zero-order valence-electron chi connectivity index (χ0n) is 18.5. The maximum absolute atomic E-state index is 13.5. The van der Waals surface area contributed by atoms with Gasteiger partial charge in [-0.1, -0.05) is 18.2 Å². The summed E-state index contributed by atoms with van der Waals surface area (Å²) in [5.74, 6) is 0.751. The summed E-state index contributed by atoms with van der Waals surface area (Å²) in [4.78, 5) is 5.94. The molecule has 176 valence electrons. The summed E-state index contributed by atoms with van der Waals surface area (Å²) < 4.78 is 51.7. The number of anilines is 1. The second kappa shape index (κ2) is 10.1. The van der Waals surface area contributed by atoms with E-state index in [0.717, 1.165) is 17.4 Å². The molecule has 0 amide bonds. The first kappa shape index (κ1) is 23.5. The molecule has 0 unspecified atom stereocenters. The predicted molar refractivity (Wildman–Crippen MR) is 125 cm³/mol. The van der Waals surface area contributed by atoms with Crippen LogP contribution in [0.2, 0.25) is 0 Å². The lowest BCUT2D eigenvalue weighted by Crippen LogP contribution is -2.48. The number of nitriles is 1. The molecular weight excluding hydrogens is 459 g/mol. The molecule has 2 heterocycles. The van der Waals surface area contributed by atoms with Crippen molar-refractivity contribution in [1.29, 1.82) is 5.26 Å². The normalized spacial score (nSPS) is 14.9. The van der Waals surface area contributed by atoms with Crippen molar-refractivity contribution in [3.8, 4) is 11.8 Å². The minimum atomic E-state index is -3.81. The number of ether oxygens (including phenoxy) is 1. The summed E-state index contributed by atoms with van der Waals surface area (Å²) >= 11 is 0. The molecule has 1 aliphatic heterocycles. The Morgan fingerprint density at radius 1 is 1.15 bits per heavy atom. The predicted octanol–water partition coefficient (Wildman–Crippen LogP) is 3.77. The largest absolute Gasteiger partial charge is 0.494 e. The summed E-state index contributed by atoms with van der Waals surface area (Å²) in [6.07, 6.45) is 3.49. The zero-order chi connectivity index (χ0) is 24.1. The molecule has 1 saturated heterocycles. The van der Waals surface area contributed by atoms with Crippen molar-refractivity contribution in [3.05, 3.63) is 71.5 Å². The lowest BCUT2D eigenvalue weighted by molar-refractivity contribution is 0.340. The molecule has 34 heavy (non-hydrogen) atoms. The van der Waals surface area contributed by atoms with Gasteiger partial charge in [0.1, 0.15) is 17.6 Å². The summed E-state index contributed by atoms with van der Waals surface area (Å²) in [6, 6.07) is 14.5. The number of halogens is 1. The van der Waals surface area contributed by atoms with Crippen LogP contribution in [0, 0.1) is 17.1 Å². The van der Waals surface area contributed by atoms with Gasteiger partial charge in [-0.25, -0.2) is 12.8 Å². The zero-order valence-corrected chi connectivity index (χ0v) is 19.3. The number of hydrogen-bond acceptors (Lipinski definition) is 7. The molecule has 0 spiro atoms. The summed E-state index contributed by atoms with van der Waals surface area (Å²) in [5, 5.41) is 9.51. The van der Waals surface area contributed by atoms with Crippen molar-refractivity contribution in [1.82, 2.24) is 9.29 Å². The van der Waals surface area contributed by atoms with Gasteiger partial charge in [0.25, 0.3) is 0 Å². The van der Waals surface area contributed by atoms with Crippen LogP contribution in [0.15, 0.2) is 57.8 Å². The third-order valence-electron chi connectivity index (χ3n) is 5.30. The van der Waals surface area contributed by atoms with E-state index >= 15 is 0 Å². The molecule has 10 heteroatoms. The van der Waals surface area contributed by atoms with Crippen molar-refractivity contribution in [3.63, 3.8) is 0 Å². The summed E-state index contributed by atoms with van der Waals surface area (Å²) in [6.45, 7) is 3.46. The smallest absolute Gasteiger partial charge is 0.243 e. The molecule has 0 atom stereocenters. The Morgan fingerprint density at radius 2 is 1.88 bits per heavy atom. The monoisotopic (exact) mass is 482 g/mol. The Kier molecular flexibility index (Phi) is 6.95. The maximum atomic E-state index is 13.5. The quantitative estimate of drug-likeness (QED) is 0.505. The molecule has 0 bridgehead atoms. The van der Waals surface area contributed by atoms with Crippen molar-refractivity contribution in [2.75, 3.05) is 37.7 Å². The number of oxazole rings is 1. The van der Waals surface area contributed by atoms with Crippen LogP contribution >= 0.6 is 0 Å². The van der Waals surface area contributed by atoms with E-state index in [1.165, 1.54) is 22.5 Å². The van der Waals surface area contributed by atoms with Gasteiger partial charge in [-0.05, 0) is 48.9 Å². The van der Waals surface area contributed by atoms with Crippen LogP contribution in [0.1, 0.15) is 24.1 Å². The van der Waals surface area contributed by atoms with Crippen LogP contribution in [-0.4, -0.2) is 50.5 Å². The highest BCUT2D eigenvalue weighted by atomic mass is 32.2. The Labute approximate surface area is 197 Å². The molecule has 8 nitrogen and oxygen atoms in total. The Hall–Kier alpha value is -3.68. The van der Waals surface area contributed by atoms with Gasteiger partial charge >= 0.3 is 0 Å². The van der Waals surface area contributed by atoms with Crippen molar-refractivity contribution >= 4 is 28.1 Å². The van der Waals surface area contributed by atoms with Gasteiger partial charge in [0.15, 0.2) is 0 Å². The summed E-state index contributed by atoms with van der Waals surface area (Å²) in [5.41, 5.74) is 1.05. The average Bonchev–Trinajstić information content (AvgIpc) is 3.27. The fourth-order valence-electron chi connectivity index (χ4n) is 3.60. The first-order valence-electron chi connectivity index (χ1n) is 10.7. The van der Waals surface area contributed by atoms with E-state index in [-0.39, 0.29) is 29.6 Å². The molecule has 0 radical (unpaired) electrons. The number of hydrogen-bond donors (Lipinski definition) is 0. The minimum absolute atomic E-state index is 0.0833. The average molecular weight is 483 g/mol. The molecule has 1 aromatic heterocycles. The van der Waals surface area contributed by atoms with E-state index < -0.39 is 15.8 Å². The van der Waals surface area contributed by atoms with Crippen LogP contribution in [0.5, 0.6) is 5.75 Å². The summed E-state index contributed by atoms with van der Waals surface area (Å²) in [7, 11) is -3.81. The number of piperazine rings is 1. The molecule has 1 aliphatic rings. The molecular formula is C24H23FN4O4S. The molecule has 0 saturated carbocycles. The molecule has 4 rings (SSSR count). The molecule has 2 aromatic carbocycles. The van der Waals surface area contributed by atoms with Crippen LogP contribution in [-0.2, 0) is 10.0 Å². The minimum Gasteiger partial charge on any atom is -0.494 e. The number of benzene rings is 2. The van der Waals surface area contributed by atoms with Gasteiger partial charge in [0, 0.05) is 32.3 Å². The van der Waals surface area contributed by atoms with Crippen LogP contribution in [0.25, 0.3) is 12.2 Å². The van der Waals surface area contributed by atoms with E-state index in [1.54, 1.807) is 11.0 Å². The van der Waals surface area contributed by atoms with Crippen LogP contribution < -0.4 is 9.64 Å². The molecule has 1 fully saturated rings. The Bertz CT molecular complexity index is 1320. The standard InChI is InChI=1S/C24H23FN4O4S/c1-2-32-20-9-6-18(7-10-20)8-11-23-27-22(17-26)24(33-23)28-12-14-29(15-13-28)34(30,31)21-5-3-4-19(25)16-21/h3-11,16H,2,12-15H2,1H3. The number of rotatable bonds is 7. The van der Waals surface area contributed by atoms with Crippen LogP contribution in [0.4, 0.5) is 10.3 Å². The van der Waals surface area contributed by atoms with Gasteiger partial charge in [-0.2, -0.15) is 14.6 Å². The molecule has 3 aromatic rings. The SMILES string of the molecule is CCOc1ccc(C=Cc2nc(C#N)c(N3CCN(S(=O)(=O)c4cccc(F)c4)CC3)o2)cc1. The molecule has 0 aliphatic carbocycles. The van der Waals surface area contributed by atoms with E-state index in [4.69, 9.17) is 9.15 Å². The van der Waals surface area contributed by atoms with E-state index in [9.17, 15) is 18.1 Å². The topological polar surface area (TPSA) is 99.7 Å². The highest BCUT2D eigenvalue weighted by Gasteiger charge is 2.31. The van der Waals surface area contributed by atoms with Gasteiger partial charge in [-0.3, -0.25) is 0 Å². The number of aromatic nitrogens is 1. The van der Waals surface area contributed by atoms with Crippen molar-refractivity contribution in [2.45, 2.75) is 11.8 Å². The third-order valence-corrected chi connectivity index (χ3v) is 7.20. The van der Waals surface area contributed by atoms with Gasteiger partial charge in [0.2, 0.25) is 27.5 Å². The third kappa shape index (κ3) is 5.11. The highest BCUT2D eigenvalue weighted by Crippen LogP contribution is 2.26. The second-order valence-corrected chi connectivity index (χ2v) is 9.44. The fraction of sp³-hybridized carbons (Fsp3) is 0.250. The molecule has 0 N–H and O–H groups in total. The first-order chi connectivity index (χ1) is 16.4. The fourth-order valence-corrected chi connectivity index (χ4v) is 5.06. The lowest BCUT2D eigenvalue weighted by Gasteiger charge is -2.33. The number of nitrogens with zero attached hydrogens (tertiary/aromatic N) is 4. The van der Waals surface area contributed by atoms with E-state index in [2.05, 4.69) is 4.98 Å². The van der Waals surface area contributed by atoms with Gasteiger partial charge in [-0.15, -0.1) is 0 Å². The first-order valence-corrected chi connectivity index (χ1v) is 12.2. The van der Waals surface area contributed by atoms with Crippen LogP contribution in [0.3, 0.4) is 0 Å². The Morgan fingerprint density at radius 3 is 2.53 bits per heavy atom. The lowest BCUT2D eigenvalue weighted by atomic mass is 10.2. The highest BCUT2D eigenvalue weighted by molar-refractivity contribution is 7.89. The van der Waals surface area contributed by atoms with E-state index in [1.807, 2.05) is 43.3 Å². The van der Waals surface area contributed by atoms with E-state index in [0.29, 0.717) is 25.6 Å². The second-order valence-electron chi connectivity index (χ2n) is 7.50. The Balaban J connectivity index is 1.45. The maximum Gasteiger partial charge on any atom is 0.243 e.